The molecule has 0 fully saturated rings. The van der Waals surface area contributed by atoms with E-state index in [-0.39, 0.29) is 24.9 Å². The fourth-order valence-corrected chi connectivity index (χ4v) is 3.74. The van der Waals surface area contributed by atoms with Crippen molar-refractivity contribution in [3.05, 3.63) is 75.3 Å². The van der Waals surface area contributed by atoms with Gasteiger partial charge in [-0.2, -0.15) is 5.10 Å². The van der Waals surface area contributed by atoms with Crippen molar-refractivity contribution in [2.45, 2.75) is 47.3 Å². The maximum absolute atomic E-state index is 12.6. The van der Waals surface area contributed by atoms with E-state index in [0.29, 0.717) is 22.7 Å². The second-order valence-electron chi connectivity index (χ2n) is 7.46. The molecular weight excluding hydrogens is 410 g/mol. The number of aromatic nitrogens is 3. The molecule has 2 amide bonds. The highest BCUT2D eigenvalue weighted by Crippen LogP contribution is 2.16. The van der Waals surface area contributed by atoms with Crippen LogP contribution in [-0.2, 0) is 24.4 Å². The van der Waals surface area contributed by atoms with E-state index >= 15 is 0 Å². The standard InChI is InChI=1S/C23H27N5O2S/c1-5-27-20(13-24-22(30)18-9-7-6-8-16(18)3)26-28(23(27)31)14-21(29)25-19-11-10-15(2)12-17(19)4/h6-12H,5,13-14H2,1-4H3,(H,24,30)(H,25,29). The van der Waals surface area contributed by atoms with Crippen molar-refractivity contribution >= 4 is 29.7 Å². The van der Waals surface area contributed by atoms with Crippen molar-refractivity contribution in [2.75, 3.05) is 5.32 Å². The van der Waals surface area contributed by atoms with Crippen LogP contribution in [0.2, 0.25) is 0 Å². The Morgan fingerprint density at radius 1 is 1.06 bits per heavy atom. The van der Waals surface area contributed by atoms with Crippen molar-refractivity contribution in [2.24, 2.45) is 0 Å². The number of rotatable bonds is 7. The molecule has 31 heavy (non-hydrogen) atoms. The zero-order valence-corrected chi connectivity index (χ0v) is 19.0. The largest absolute Gasteiger partial charge is 0.345 e. The van der Waals surface area contributed by atoms with Gasteiger partial charge in [0.1, 0.15) is 6.54 Å². The van der Waals surface area contributed by atoms with Gasteiger partial charge in [-0.1, -0.05) is 35.9 Å². The van der Waals surface area contributed by atoms with E-state index in [1.54, 1.807) is 6.07 Å². The first-order chi connectivity index (χ1) is 14.8. The van der Waals surface area contributed by atoms with Crippen LogP contribution in [0.4, 0.5) is 5.69 Å². The van der Waals surface area contributed by atoms with Gasteiger partial charge >= 0.3 is 0 Å². The highest BCUT2D eigenvalue weighted by atomic mass is 32.1. The smallest absolute Gasteiger partial charge is 0.251 e. The molecule has 0 aliphatic heterocycles. The number of anilines is 1. The van der Waals surface area contributed by atoms with E-state index in [2.05, 4.69) is 15.7 Å². The van der Waals surface area contributed by atoms with E-state index in [4.69, 9.17) is 12.2 Å². The van der Waals surface area contributed by atoms with Gasteiger partial charge in [0.05, 0.1) is 6.54 Å². The third-order valence-corrected chi connectivity index (χ3v) is 5.49. The van der Waals surface area contributed by atoms with Crippen LogP contribution >= 0.6 is 12.2 Å². The molecule has 3 aromatic rings. The van der Waals surface area contributed by atoms with Crippen LogP contribution in [0, 0.1) is 25.5 Å². The second-order valence-corrected chi connectivity index (χ2v) is 7.83. The minimum absolute atomic E-state index is 0.00209. The quantitative estimate of drug-likeness (QED) is 0.549. The van der Waals surface area contributed by atoms with Gasteiger partial charge in [0.2, 0.25) is 5.91 Å². The molecule has 0 aliphatic carbocycles. The molecule has 0 saturated heterocycles. The molecule has 0 aliphatic rings. The Kier molecular flexibility index (Phi) is 7.02. The lowest BCUT2D eigenvalue weighted by Crippen LogP contribution is -2.25. The highest BCUT2D eigenvalue weighted by Gasteiger charge is 2.15. The molecule has 0 unspecified atom stereocenters. The van der Waals surface area contributed by atoms with E-state index in [1.165, 1.54) is 4.68 Å². The Morgan fingerprint density at radius 3 is 2.48 bits per heavy atom. The van der Waals surface area contributed by atoms with Crippen LogP contribution in [0.3, 0.4) is 0 Å². The fourth-order valence-electron chi connectivity index (χ4n) is 3.40. The number of carbonyl (C=O) groups excluding carboxylic acids is 2. The molecule has 0 radical (unpaired) electrons. The number of benzene rings is 2. The van der Waals surface area contributed by atoms with Crippen LogP contribution in [-0.4, -0.2) is 26.2 Å². The number of nitrogens with zero attached hydrogens (tertiary/aromatic N) is 3. The van der Waals surface area contributed by atoms with Gasteiger partial charge in [-0.3, -0.25) is 9.59 Å². The summed E-state index contributed by atoms with van der Waals surface area (Å²) < 4.78 is 3.75. The molecule has 0 saturated carbocycles. The average Bonchev–Trinajstić information content (AvgIpc) is 3.03. The van der Waals surface area contributed by atoms with Crippen molar-refractivity contribution in [3.63, 3.8) is 0 Å². The van der Waals surface area contributed by atoms with Gasteiger partial charge in [-0.25, -0.2) is 4.68 Å². The minimum Gasteiger partial charge on any atom is -0.345 e. The van der Waals surface area contributed by atoms with Crippen molar-refractivity contribution < 1.29 is 9.59 Å². The monoisotopic (exact) mass is 437 g/mol. The van der Waals surface area contributed by atoms with Crippen LogP contribution < -0.4 is 10.6 Å². The Balaban J connectivity index is 1.71. The number of carbonyl (C=O) groups is 2. The molecule has 2 aromatic carbocycles. The zero-order chi connectivity index (χ0) is 22.5. The van der Waals surface area contributed by atoms with Gasteiger partial charge in [-0.05, 0) is 63.2 Å². The molecule has 3 rings (SSSR count). The summed E-state index contributed by atoms with van der Waals surface area (Å²) in [4.78, 5) is 25.1. The van der Waals surface area contributed by atoms with Crippen LogP contribution in [0.1, 0.15) is 39.8 Å². The van der Waals surface area contributed by atoms with Crippen LogP contribution in [0.5, 0.6) is 0 Å². The summed E-state index contributed by atoms with van der Waals surface area (Å²) in [6.45, 7) is 8.61. The van der Waals surface area contributed by atoms with Crippen molar-refractivity contribution in [1.82, 2.24) is 19.7 Å². The Bertz CT molecular complexity index is 1180. The van der Waals surface area contributed by atoms with Crippen molar-refractivity contribution in [3.8, 4) is 0 Å². The lowest BCUT2D eigenvalue weighted by Gasteiger charge is -2.09. The predicted octanol–water partition coefficient (Wildman–Crippen LogP) is 3.93. The summed E-state index contributed by atoms with van der Waals surface area (Å²) >= 11 is 5.50. The third-order valence-electron chi connectivity index (χ3n) is 5.06. The summed E-state index contributed by atoms with van der Waals surface area (Å²) in [6, 6.07) is 13.3. The Morgan fingerprint density at radius 2 is 1.81 bits per heavy atom. The number of hydrogen-bond donors (Lipinski definition) is 2. The predicted molar refractivity (Wildman–Crippen MR) is 124 cm³/mol. The molecule has 1 heterocycles. The summed E-state index contributed by atoms with van der Waals surface area (Å²) in [5.41, 5.74) is 4.42. The van der Waals surface area contributed by atoms with Crippen LogP contribution in [0.25, 0.3) is 0 Å². The number of nitrogens with one attached hydrogen (secondary N) is 2. The zero-order valence-electron chi connectivity index (χ0n) is 18.2. The first kappa shape index (κ1) is 22.4. The molecule has 2 N–H and O–H groups in total. The Hall–Kier alpha value is -3.26. The first-order valence-electron chi connectivity index (χ1n) is 10.2. The van der Waals surface area contributed by atoms with Gasteiger partial charge in [0.25, 0.3) is 5.91 Å². The van der Waals surface area contributed by atoms with Gasteiger partial charge < -0.3 is 15.2 Å². The molecule has 0 atom stereocenters. The van der Waals surface area contributed by atoms with E-state index in [1.807, 2.05) is 68.7 Å². The highest BCUT2D eigenvalue weighted by molar-refractivity contribution is 7.71. The minimum atomic E-state index is -0.209. The SMILES string of the molecule is CCn1c(CNC(=O)c2ccccc2C)nn(CC(=O)Nc2ccc(C)cc2C)c1=S. The lowest BCUT2D eigenvalue weighted by atomic mass is 10.1. The summed E-state index contributed by atoms with van der Waals surface area (Å²) in [6.07, 6.45) is 0. The van der Waals surface area contributed by atoms with E-state index < -0.39 is 0 Å². The van der Waals surface area contributed by atoms with Gasteiger partial charge in [0, 0.05) is 17.8 Å². The molecule has 7 nitrogen and oxygen atoms in total. The molecule has 8 heteroatoms. The summed E-state index contributed by atoms with van der Waals surface area (Å²) in [5, 5.41) is 10.3. The topological polar surface area (TPSA) is 81.0 Å². The average molecular weight is 438 g/mol. The molecular formula is C23H27N5O2S. The van der Waals surface area contributed by atoms with E-state index in [0.717, 1.165) is 22.4 Å². The maximum atomic E-state index is 12.6. The second kappa shape index (κ2) is 9.70. The lowest BCUT2D eigenvalue weighted by molar-refractivity contribution is -0.116. The summed E-state index contributed by atoms with van der Waals surface area (Å²) in [5.74, 6) is 0.224. The van der Waals surface area contributed by atoms with Gasteiger partial charge in [-0.15, -0.1) is 0 Å². The fraction of sp³-hybridized carbons (Fsp3) is 0.304. The third kappa shape index (κ3) is 5.27. The normalized spacial score (nSPS) is 10.7. The molecule has 0 bridgehead atoms. The summed E-state index contributed by atoms with van der Waals surface area (Å²) in [7, 11) is 0. The number of hydrogen-bond acceptors (Lipinski definition) is 4. The Labute approximate surface area is 187 Å². The molecule has 162 valence electrons. The van der Waals surface area contributed by atoms with Crippen molar-refractivity contribution in [1.29, 1.82) is 0 Å². The van der Waals surface area contributed by atoms with E-state index in [9.17, 15) is 9.59 Å². The maximum Gasteiger partial charge on any atom is 0.251 e. The number of aryl methyl sites for hydroxylation is 3. The molecule has 1 aromatic heterocycles. The first-order valence-corrected chi connectivity index (χ1v) is 10.6. The van der Waals surface area contributed by atoms with Gasteiger partial charge in [0.15, 0.2) is 10.6 Å². The van der Waals surface area contributed by atoms with Crippen LogP contribution in [0.15, 0.2) is 42.5 Å². The number of amides is 2. The molecule has 0 spiro atoms.